The van der Waals surface area contributed by atoms with Crippen LogP contribution in [0.3, 0.4) is 0 Å². The standard InChI is InChI=1S/C9H18N4O3S/c1-4-13(5-6-16-3)17(14,15)9-8(10)11-7-12(9)2/h7H,4-6,10H2,1-3H3. The molecule has 7 nitrogen and oxygen atoms in total. The summed E-state index contributed by atoms with van der Waals surface area (Å²) in [5.41, 5.74) is 5.58. The number of likely N-dealkylation sites (N-methyl/N-ethyl adjacent to an activating group) is 1. The predicted molar refractivity (Wildman–Crippen MR) is 63.9 cm³/mol. The van der Waals surface area contributed by atoms with Gasteiger partial charge in [-0.1, -0.05) is 6.92 Å². The van der Waals surface area contributed by atoms with Crippen molar-refractivity contribution in [2.45, 2.75) is 11.9 Å². The largest absolute Gasteiger partial charge is 0.383 e. The van der Waals surface area contributed by atoms with Gasteiger partial charge in [-0.25, -0.2) is 13.4 Å². The van der Waals surface area contributed by atoms with Gasteiger partial charge in [0.2, 0.25) is 0 Å². The van der Waals surface area contributed by atoms with Crippen molar-refractivity contribution in [2.75, 3.05) is 32.5 Å². The Morgan fingerprint density at radius 2 is 2.24 bits per heavy atom. The summed E-state index contributed by atoms with van der Waals surface area (Å²) in [4.78, 5) is 3.78. The van der Waals surface area contributed by atoms with Crippen molar-refractivity contribution in [2.24, 2.45) is 7.05 Å². The number of aromatic nitrogens is 2. The molecule has 2 N–H and O–H groups in total. The lowest BCUT2D eigenvalue weighted by atomic mass is 10.6. The molecule has 0 saturated heterocycles. The highest BCUT2D eigenvalue weighted by molar-refractivity contribution is 7.89. The maximum Gasteiger partial charge on any atom is 0.262 e. The normalized spacial score (nSPS) is 12.2. The second kappa shape index (κ2) is 5.48. The number of hydrogen-bond acceptors (Lipinski definition) is 5. The van der Waals surface area contributed by atoms with Gasteiger partial charge in [-0.3, -0.25) is 0 Å². The zero-order valence-corrected chi connectivity index (χ0v) is 11.1. The molecule has 17 heavy (non-hydrogen) atoms. The minimum absolute atomic E-state index is 0.0170. The van der Waals surface area contributed by atoms with E-state index in [-0.39, 0.29) is 10.8 Å². The first-order chi connectivity index (χ1) is 7.95. The van der Waals surface area contributed by atoms with E-state index in [1.165, 1.54) is 22.3 Å². The highest BCUT2D eigenvalue weighted by Crippen LogP contribution is 2.20. The van der Waals surface area contributed by atoms with E-state index in [2.05, 4.69) is 4.98 Å². The summed E-state index contributed by atoms with van der Waals surface area (Å²) in [7, 11) is -0.488. The van der Waals surface area contributed by atoms with E-state index in [0.717, 1.165) is 0 Å². The Labute approximate surface area is 101 Å². The van der Waals surface area contributed by atoms with Crippen molar-refractivity contribution < 1.29 is 13.2 Å². The number of hydrogen-bond donors (Lipinski definition) is 1. The van der Waals surface area contributed by atoms with E-state index in [1.807, 2.05) is 0 Å². The van der Waals surface area contributed by atoms with Gasteiger partial charge in [0.15, 0.2) is 10.8 Å². The molecule has 98 valence electrons. The van der Waals surface area contributed by atoms with E-state index in [0.29, 0.717) is 19.7 Å². The van der Waals surface area contributed by atoms with Gasteiger partial charge in [-0.15, -0.1) is 0 Å². The second-order valence-electron chi connectivity index (χ2n) is 3.54. The van der Waals surface area contributed by atoms with Gasteiger partial charge in [0.1, 0.15) is 0 Å². The summed E-state index contributed by atoms with van der Waals surface area (Å²) < 4.78 is 32.2. The van der Waals surface area contributed by atoms with Crippen LogP contribution in [-0.4, -0.2) is 49.1 Å². The third-order valence-electron chi connectivity index (χ3n) is 2.39. The van der Waals surface area contributed by atoms with Crippen LogP contribution in [0.1, 0.15) is 6.92 Å². The zero-order valence-electron chi connectivity index (χ0n) is 10.3. The van der Waals surface area contributed by atoms with Crippen LogP contribution in [0.2, 0.25) is 0 Å². The molecule has 0 atom stereocenters. The Morgan fingerprint density at radius 1 is 1.59 bits per heavy atom. The van der Waals surface area contributed by atoms with Crippen LogP contribution in [0.25, 0.3) is 0 Å². The minimum Gasteiger partial charge on any atom is -0.383 e. The second-order valence-corrected chi connectivity index (χ2v) is 5.39. The highest BCUT2D eigenvalue weighted by Gasteiger charge is 2.28. The molecule has 0 aromatic carbocycles. The van der Waals surface area contributed by atoms with Gasteiger partial charge in [0.25, 0.3) is 10.0 Å². The first kappa shape index (κ1) is 13.9. The quantitative estimate of drug-likeness (QED) is 0.757. The van der Waals surface area contributed by atoms with Gasteiger partial charge in [-0.05, 0) is 0 Å². The lowest BCUT2D eigenvalue weighted by Gasteiger charge is -2.20. The van der Waals surface area contributed by atoms with Crippen molar-refractivity contribution in [3.8, 4) is 0 Å². The summed E-state index contributed by atoms with van der Waals surface area (Å²) in [5, 5.41) is 0.0236. The molecule has 0 radical (unpaired) electrons. The molecular formula is C9H18N4O3S. The number of imidazole rings is 1. The molecule has 0 saturated carbocycles. The van der Waals surface area contributed by atoms with Gasteiger partial charge >= 0.3 is 0 Å². The molecular weight excluding hydrogens is 244 g/mol. The first-order valence-electron chi connectivity index (χ1n) is 5.21. The predicted octanol–water partition coefficient (Wildman–Crippen LogP) is -0.341. The SMILES string of the molecule is CCN(CCOC)S(=O)(=O)c1c(N)ncn1C. The Kier molecular flexibility index (Phi) is 4.49. The molecule has 0 unspecified atom stereocenters. The van der Waals surface area contributed by atoms with E-state index < -0.39 is 10.0 Å². The van der Waals surface area contributed by atoms with Crippen LogP contribution in [0.4, 0.5) is 5.82 Å². The third-order valence-corrected chi connectivity index (χ3v) is 4.50. The van der Waals surface area contributed by atoms with Crippen molar-refractivity contribution in [1.29, 1.82) is 0 Å². The summed E-state index contributed by atoms with van der Waals surface area (Å²) in [6.45, 7) is 2.75. The molecule has 0 aliphatic heterocycles. The number of methoxy groups -OCH3 is 1. The Hall–Kier alpha value is -1.12. The zero-order chi connectivity index (χ0) is 13.1. The summed E-state index contributed by atoms with van der Waals surface area (Å²) in [5.74, 6) is 0.0170. The van der Waals surface area contributed by atoms with Crippen molar-refractivity contribution >= 4 is 15.8 Å². The monoisotopic (exact) mass is 262 g/mol. The minimum atomic E-state index is -3.61. The molecule has 0 aliphatic rings. The van der Waals surface area contributed by atoms with E-state index in [1.54, 1.807) is 14.0 Å². The molecule has 8 heteroatoms. The molecule has 0 aliphatic carbocycles. The fourth-order valence-corrected chi connectivity index (χ4v) is 3.14. The number of anilines is 1. The number of nitrogens with zero attached hydrogens (tertiary/aromatic N) is 3. The summed E-state index contributed by atoms with van der Waals surface area (Å²) >= 11 is 0. The molecule has 0 spiro atoms. The number of nitrogens with two attached hydrogens (primary N) is 1. The number of rotatable bonds is 6. The molecule has 1 heterocycles. The average Bonchev–Trinajstić information content (AvgIpc) is 2.59. The van der Waals surface area contributed by atoms with E-state index in [9.17, 15) is 8.42 Å². The van der Waals surface area contributed by atoms with Gasteiger partial charge in [0, 0.05) is 27.2 Å². The lowest BCUT2D eigenvalue weighted by Crippen LogP contribution is -2.35. The molecule has 1 aromatic rings. The first-order valence-corrected chi connectivity index (χ1v) is 6.65. The Balaban J connectivity index is 3.09. The molecule has 0 amide bonds. The third kappa shape index (κ3) is 2.76. The Bertz CT molecular complexity index is 449. The van der Waals surface area contributed by atoms with Crippen LogP contribution in [0.5, 0.6) is 0 Å². The van der Waals surface area contributed by atoms with Crippen molar-refractivity contribution in [3.05, 3.63) is 6.33 Å². The van der Waals surface area contributed by atoms with Crippen molar-refractivity contribution in [1.82, 2.24) is 13.9 Å². The van der Waals surface area contributed by atoms with Crippen LogP contribution in [0, 0.1) is 0 Å². The fourth-order valence-electron chi connectivity index (χ4n) is 1.51. The van der Waals surface area contributed by atoms with Crippen LogP contribution in [0.15, 0.2) is 11.4 Å². The number of nitrogen functional groups attached to an aromatic ring is 1. The topological polar surface area (TPSA) is 90.4 Å². The van der Waals surface area contributed by atoms with Gasteiger partial charge in [-0.2, -0.15) is 4.31 Å². The fraction of sp³-hybridized carbons (Fsp3) is 0.667. The van der Waals surface area contributed by atoms with Crippen molar-refractivity contribution in [3.63, 3.8) is 0 Å². The van der Waals surface area contributed by atoms with Crippen LogP contribution >= 0.6 is 0 Å². The maximum atomic E-state index is 12.3. The van der Waals surface area contributed by atoms with Crippen LogP contribution in [-0.2, 0) is 21.8 Å². The van der Waals surface area contributed by atoms with E-state index in [4.69, 9.17) is 10.5 Å². The lowest BCUT2D eigenvalue weighted by molar-refractivity contribution is 0.180. The number of ether oxygens (including phenoxy) is 1. The summed E-state index contributed by atoms with van der Waals surface area (Å²) in [6, 6.07) is 0. The molecule has 1 aromatic heterocycles. The van der Waals surface area contributed by atoms with Gasteiger partial charge < -0.3 is 15.0 Å². The maximum absolute atomic E-state index is 12.3. The number of sulfonamides is 1. The number of aryl methyl sites for hydroxylation is 1. The Morgan fingerprint density at radius 3 is 2.65 bits per heavy atom. The molecule has 0 bridgehead atoms. The molecule has 1 rings (SSSR count). The average molecular weight is 262 g/mol. The smallest absolute Gasteiger partial charge is 0.262 e. The van der Waals surface area contributed by atoms with Crippen LogP contribution < -0.4 is 5.73 Å². The highest BCUT2D eigenvalue weighted by atomic mass is 32.2. The molecule has 0 fully saturated rings. The summed E-state index contributed by atoms with van der Waals surface area (Å²) in [6.07, 6.45) is 1.38. The van der Waals surface area contributed by atoms with E-state index >= 15 is 0 Å². The van der Waals surface area contributed by atoms with Gasteiger partial charge in [0.05, 0.1) is 12.9 Å².